The Bertz CT molecular complexity index is 861. The smallest absolute Gasteiger partial charge is 0.274 e. The third-order valence-electron chi connectivity index (χ3n) is 3.97. The van der Waals surface area contributed by atoms with Crippen LogP contribution >= 0.6 is 15.9 Å². The summed E-state index contributed by atoms with van der Waals surface area (Å²) in [5.74, 6) is -0.199. The van der Waals surface area contributed by atoms with Gasteiger partial charge in [-0.3, -0.25) is 4.79 Å². The molecule has 0 saturated heterocycles. The molecule has 25 heavy (non-hydrogen) atoms. The highest BCUT2D eigenvalue weighted by atomic mass is 79.9. The lowest BCUT2D eigenvalue weighted by Crippen LogP contribution is -2.15. The molecule has 1 amide bonds. The first kappa shape index (κ1) is 17.4. The molecule has 0 saturated carbocycles. The molecule has 126 valence electrons. The maximum atomic E-state index is 12.5. The number of anilines is 1. The normalized spacial score (nSPS) is 10.5. The van der Waals surface area contributed by atoms with Crippen LogP contribution in [0.2, 0.25) is 0 Å². The molecular formula is C21H19BrN2O. The molecule has 1 N–H and O–H groups in total. The number of hydrogen-bond donors (Lipinski definition) is 1. The third kappa shape index (κ3) is 4.15. The van der Waals surface area contributed by atoms with E-state index < -0.39 is 0 Å². The fraction of sp³-hybridized carbons (Fsp3) is 0.143. The van der Waals surface area contributed by atoms with Crippen LogP contribution in [0.1, 0.15) is 29.4 Å². The Morgan fingerprint density at radius 3 is 2.52 bits per heavy atom. The minimum Gasteiger partial charge on any atom is -0.320 e. The molecule has 0 unspecified atom stereocenters. The van der Waals surface area contributed by atoms with Crippen molar-refractivity contribution in [2.24, 2.45) is 0 Å². The Kier molecular flexibility index (Phi) is 5.61. The van der Waals surface area contributed by atoms with Crippen LogP contribution in [0.3, 0.4) is 0 Å². The first-order valence-electron chi connectivity index (χ1n) is 8.29. The monoisotopic (exact) mass is 394 g/mol. The summed E-state index contributed by atoms with van der Waals surface area (Å²) in [6.45, 7) is 2.14. The summed E-state index contributed by atoms with van der Waals surface area (Å²) in [5.41, 5.74) is 4.71. The van der Waals surface area contributed by atoms with E-state index in [1.165, 1.54) is 0 Å². The molecule has 0 atom stereocenters. The number of amides is 1. The van der Waals surface area contributed by atoms with E-state index in [4.69, 9.17) is 0 Å². The van der Waals surface area contributed by atoms with Crippen LogP contribution in [0.5, 0.6) is 0 Å². The zero-order valence-electron chi connectivity index (χ0n) is 14.0. The van der Waals surface area contributed by atoms with E-state index in [1.807, 2.05) is 36.4 Å². The summed E-state index contributed by atoms with van der Waals surface area (Å²) in [5, 5.41) is 3.02. The average Bonchev–Trinajstić information content (AvgIpc) is 2.64. The number of rotatable bonds is 5. The van der Waals surface area contributed by atoms with Gasteiger partial charge in [0.25, 0.3) is 5.91 Å². The molecule has 0 aliphatic heterocycles. The van der Waals surface area contributed by atoms with E-state index in [0.717, 1.165) is 39.7 Å². The lowest BCUT2D eigenvalue weighted by Gasteiger charge is -2.15. The third-order valence-corrected chi connectivity index (χ3v) is 4.44. The summed E-state index contributed by atoms with van der Waals surface area (Å²) >= 11 is 3.33. The standard InChI is InChI=1S/C21H19BrN2O/c1-2-7-18-17(15-8-4-3-5-9-15)10-6-11-19(18)24-21(25)20-13-12-16(22)14-23-20/h3-6,8-14H,2,7H2,1H3,(H,24,25). The van der Waals surface area contributed by atoms with Crippen molar-refractivity contribution in [3.8, 4) is 11.1 Å². The number of carbonyl (C=O) groups is 1. The minimum atomic E-state index is -0.199. The van der Waals surface area contributed by atoms with Crippen molar-refractivity contribution in [2.45, 2.75) is 19.8 Å². The Labute approximate surface area is 156 Å². The molecule has 0 aliphatic rings. The van der Waals surface area contributed by atoms with Gasteiger partial charge in [0, 0.05) is 16.4 Å². The van der Waals surface area contributed by atoms with Crippen molar-refractivity contribution >= 4 is 27.5 Å². The van der Waals surface area contributed by atoms with Gasteiger partial charge in [0.15, 0.2) is 0 Å². The van der Waals surface area contributed by atoms with Gasteiger partial charge >= 0.3 is 0 Å². The molecule has 1 heterocycles. The number of nitrogens with one attached hydrogen (secondary N) is 1. The molecule has 1 aromatic heterocycles. The zero-order chi connectivity index (χ0) is 17.6. The molecular weight excluding hydrogens is 376 g/mol. The minimum absolute atomic E-state index is 0.199. The Morgan fingerprint density at radius 1 is 1.04 bits per heavy atom. The number of carbonyl (C=O) groups excluding carboxylic acids is 1. The Balaban J connectivity index is 1.95. The largest absolute Gasteiger partial charge is 0.320 e. The average molecular weight is 395 g/mol. The molecule has 2 aromatic carbocycles. The van der Waals surface area contributed by atoms with E-state index in [1.54, 1.807) is 12.3 Å². The van der Waals surface area contributed by atoms with E-state index >= 15 is 0 Å². The van der Waals surface area contributed by atoms with Crippen LogP contribution < -0.4 is 5.32 Å². The summed E-state index contributed by atoms with van der Waals surface area (Å²) < 4.78 is 0.849. The lowest BCUT2D eigenvalue weighted by atomic mass is 9.95. The molecule has 4 heteroatoms. The van der Waals surface area contributed by atoms with E-state index in [-0.39, 0.29) is 5.91 Å². The summed E-state index contributed by atoms with van der Waals surface area (Å²) in [6, 6.07) is 19.8. The van der Waals surface area contributed by atoms with Gasteiger partial charge in [0.05, 0.1) is 0 Å². The zero-order valence-corrected chi connectivity index (χ0v) is 15.6. The lowest BCUT2D eigenvalue weighted by molar-refractivity contribution is 0.102. The fourth-order valence-corrected chi connectivity index (χ4v) is 3.04. The van der Waals surface area contributed by atoms with Crippen molar-refractivity contribution in [2.75, 3.05) is 5.32 Å². The maximum Gasteiger partial charge on any atom is 0.274 e. The van der Waals surface area contributed by atoms with Crippen LogP contribution in [0, 0.1) is 0 Å². The topological polar surface area (TPSA) is 42.0 Å². The molecule has 0 bridgehead atoms. The van der Waals surface area contributed by atoms with Crippen LogP contribution in [0.25, 0.3) is 11.1 Å². The highest BCUT2D eigenvalue weighted by molar-refractivity contribution is 9.10. The van der Waals surface area contributed by atoms with Gasteiger partial charge < -0.3 is 5.32 Å². The van der Waals surface area contributed by atoms with E-state index in [9.17, 15) is 4.79 Å². The van der Waals surface area contributed by atoms with Gasteiger partial charge in [0.1, 0.15) is 5.69 Å². The van der Waals surface area contributed by atoms with Crippen molar-refractivity contribution in [3.63, 3.8) is 0 Å². The van der Waals surface area contributed by atoms with Crippen LogP contribution in [0.4, 0.5) is 5.69 Å². The predicted molar refractivity (Wildman–Crippen MR) is 106 cm³/mol. The van der Waals surface area contributed by atoms with Gasteiger partial charge in [-0.25, -0.2) is 4.98 Å². The van der Waals surface area contributed by atoms with Crippen LogP contribution in [-0.2, 0) is 6.42 Å². The summed E-state index contributed by atoms with van der Waals surface area (Å²) in [4.78, 5) is 16.7. The number of halogens is 1. The molecule has 0 spiro atoms. The van der Waals surface area contributed by atoms with E-state index in [2.05, 4.69) is 51.4 Å². The molecule has 0 aliphatic carbocycles. The van der Waals surface area contributed by atoms with Gasteiger partial charge in [0.2, 0.25) is 0 Å². The van der Waals surface area contributed by atoms with Gasteiger partial charge in [-0.2, -0.15) is 0 Å². The Hall–Kier alpha value is -2.46. The first-order chi connectivity index (χ1) is 12.2. The van der Waals surface area contributed by atoms with Gasteiger partial charge in [-0.05, 0) is 57.2 Å². The molecule has 3 rings (SSSR count). The van der Waals surface area contributed by atoms with Crippen LogP contribution in [0.15, 0.2) is 71.3 Å². The molecule has 3 aromatic rings. The summed E-state index contributed by atoms with van der Waals surface area (Å²) in [7, 11) is 0. The SMILES string of the molecule is CCCc1c(NC(=O)c2ccc(Br)cn2)cccc1-c1ccccc1. The second kappa shape index (κ2) is 8.08. The number of nitrogens with zero attached hydrogens (tertiary/aromatic N) is 1. The number of benzene rings is 2. The number of aromatic nitrogens is 1. The summed E-state index contributed by atoms with van der Waals surface area (Å²) in [6.07, 6.45) is 3.53. The predicted octanol–water partition coefficient (Wildman–Crippen LogP) is 5.72. The molecule has 0 radical (unpaired) electrons. The quantitative estimate of drug-likeness (QED) is 0.601. The van der Waals surface area contributed by atoms with Crippen molar-refractivity contribution in [3.05, 3.63) is 82.6 Å². The van der Waals surface area contributed by atoms with E-state index in [0.29, 0.717) is 5.69 Å². The van der Waals surface area contributed by atoms with Crippen molar-refractivity contribution < 1.29 is 4.79 Å². The first-order valence-corrected chi connectivity index (χ1v) is 9.08. The number of hydrogen-bond acceptors (Lipinski definition) is 2. The van der Waals surface area contributed by atoms with Gasteiger partial charge in [-0.1, -0.05) is 55.8 Å². The van der Waals surface area contributed by atoms with Crippen LogP contribution in [-0.4, -0.2) is 10.9 Å². The van der Waals surface area contributed by atoms with Crippen molar-refractivity contribution in [1.82, 2.24) is 4.98 Å². The van der Waals surface area contributed by atoms with Gasteiger partial charge in [-0.15, -0.1) is 0 Å². The van der Waals surface area contributed by atoms with Crippen molar-refractivity contribution in [1.29, 1.82) is 0 Å². The maximum absolute atomic E-state index is 12.5. The fourth-order valence-electron chi connectivity index (χ4n) is 2.81. The second-order valence-electron chi connectivity index (χ2n) is 5.76. The highest BCUT2D eigenvalue weighted by Crippen LogP contribution is 2.30. The Morgan fingerprint density at radius 2 is 1.84 bits per heavy atom. The molecule has 3 nitrogen and oxygen atoms in total. The highest BCUT2D eigenvalue weighted by Gasteiger charge is 2.13. The molecule has 0 fully saturated rings. The number of pyridine rings is 1. The second-order valence-corrected chi connectivity index (χ2v) is 6.68.